The normalized spacial score (nSPS) is 21.8. The number of benzene rings is 1. The van der Waals surface area contributed by atoms with E-state index in [0.29, 0.717) is 49.6 Å². The number of rotatable bonds is 8. The Kier molecular flexibility index (Phi) is 7.57. The van der Waals surface area contributed by atoms with Gasteiger partial charge >= 0.3 is 0 Å². The summed E-state index contributed by atoms with van der Waals surface area (Å²) in [6.07, 6.45) is 2.11. The van der Waals surface area contributed by atoms with Crippen molar-refractivity contribution in [3.8, 4) is 0 Å². The molecule has 0 unspecified atom stereocenters. The Morgan fingerprint density at radius 3 is 2.68 bits per heavy atom. The molecule has 2 atom stereocenters. The van der Waals surface area contributed by atoms with E-state index in [-0.39, 0.29) is 27.9 Å². The first kappa shape index (κ1) is 24.7. The molecule has 2 aromatic rings. The van der Waals surface area contributed by atoms with Crippen LogP contribution in [0.1, 0.15) is 18.4 Å². The van der Waals surface area contributed by atoms with Gasteiger partial charge in [-0.2, -0.15) is 8.70 Å². The molecule has 2 saturated heterocycles. The molecule has 1 amide bonds. The molecule has 34 heavy (non-hydrogen) atoms. The molecule has 2 aliphatic heterocycles. The fourth-order valence-corrected chi connectivity index (χ4v) is 5.73. The van der Waals surface area contributed by atoms with Crippen LogP contribution in [0, 0.1) is 5.13 Å². The lowest BCUT2D eigenvalue weighted by Crippen LogP contribution is -2.34. The Hall–Kier alpha value is -2.45. The Bertz CT molecular complexity index is 1150. The number of hydrogen-bond acceptors (Lipinski definition) is 9. The summed E-state index contributed by atoms with van der Waals surface area (Å²) in [7, 11) is 0.193. The average molecular weight is 512 g/mol. The highest BCUT2D eigenvalue weighted by molar-refractivity contribution is 7.89. The van der Waals surface area contributed by atoms with Crippen molar-refractivity contribution in [3.05, 3.63) is 41.2 Å². The van der Waals surface area contributed by atoms with Gasteiger partial charge in [0.15, 0.2) is 22.1 Å². The monoisotopic (exact) mass is 511 g/mol. The highest BCUT2D eigenvalue weighted by Crippen LogP contribution is 2.24. The number of carbonyl (C=O) groups excluding carboxylic acids is 1. The van der Waals surface area contributed by atoms with E-state index in [2.05, 4.69) is 15.5 Å². The fourth-order valence-electron chi connectivity index (χ4n) is 3.70. The molecule has 10 nitrogen and oxygen atoms in total. The molecule has 1 N–H and O–H groups in total. The van der Waals surface area contributed by atoms with Crippen LogP contribution in [0.3, 0.4) is 0 Å². The Morgan fingerprint density at radius 2 is 2.09 bits per heavy atom. The van der Waals surface area contributed by atoms with E-state index >= 15 is 0 Å². The zero-order chi connectivity index (χ0) is 24.3. The van der Waals surface area contributed by atoms with Crippen LogP contribution in [0.2, 0.25) is 0 Å². The van der Waals surface area contributed by atoms with Gasteiger partial charge in [0.1, 0.15) is 0 Å². The fraction of sp³-hybridized carbons (Fsp3) is 0.476. The Balaban J connectivity index is 1.55. The Morgan fingerprint density at radius 1 is 1.32 bits per heavy atom. The van der Waals surface area contributed by atoms with E-state index in [1.165, 1.54) is 28.6 Å². The van der Waals surface area contributed by atoms with E-state index in [4.69, 9.17) is 9.57 Å². The largest absolute Gasteiger partial charge is 0.389 e. The number of oxime groups is 1. The number of likely N-dealkylation sites (N-methyl/N-ethyl adjacent to an activating group) is 1. The second-order valence-corrected chi connectivity index (χ2v) is 11.2. The van der Waals surface area contributed by atoms with Gasteiger partial charge in [-0.25, -0.2) is 13.4 Å². The van der Waals surface area contributed by atoms with E-state index in [0.717, 1.165) is 12.6 Å². The zero-order valence-electron chi connectivity index (χ0n) is 18.8. The van der Waals surface area contributed by atoms with E-state index in [9.17, 15) is 17.6 Å². The summed E-state index contributed by atoms with van der Waals surface area (Å²) in [4.78, 5) is 24.3. The molecule has 2 fully saturated rings. The summed E-state index contributed by atoms with van der Waals surface area (Å²) in [5.74, 6) is -0.655. The molecule has 0 radical (unpaired) electrons. The number of sulfonamides is 1. The van der Waals surface area contributed by atoms with Gasteiger partial charge in [-0.3, -0.25) is 10.1 Å². The quantitative estimate of drug-likeness (QED) is 0.424. The topological polar surface area (TPSA) is 113 Å². The first-order valence-electron chi connectivity index (χ1n) is 10.8. The second-order valence-electron chi connectivity index (χ2n) is 8.25. The summed E-state index contributed by atoms with van der Waals surface area (Å²) in [5, 5.41) is 6.05. The highest BCUT2D eigenvalue weighted by Gasteiger charge is 2.33. The van der Waals surface area contributed by atoms with Gasteiger partial charge in [0, 0.05) is 31.1 Å². The third kappa shape index (κ3) is 5.61. The Labute approximate surface area is 201 Å². The van der Waals surface area contributed by atoms with Crippen molar-refractivity contribution in [2.24, 2.45) is 5.16 Å². The minimum absolute atomic E-state index is 0.0723. The number of amides is 1. The second kappa shape index (κ2) is 10.4. The van der Waals surface area contributed by atoms with Crippen molar-refractivity contribution in [3.63, 3.8) is 0 Å². The summed E-state index contributed by atoms with van der Waals surface area (Å²) >= 11 is 0.680. The molecule has 0 saturated carbocycles. The molecule has 0 aliphatic carbocycles. The van der Waals surface area contributed by atoms with Gasteiger partial charge in [0.2, 0.25) is 10.0 Å². The first-order chi connectivity index (χ1) is 16.2. The molecule has 3 heterocycles. The smallest absolute Gasteiger partial charge is 0.280 e. The molecule has 4 rings (SSSR count). The number of nitrogens with one attached hydrogen (secondary N) is 1. The minimum Gasteiger partial charge on any atom is -0.389 e. The van der Waals surface area contributed by atoms with Crippen LogP contribution in [-0.2, 0) is 24.4 Å². The molecule has 13 heteroatoms. The number of thiazole rings is 1. The molecule has 2 aliphatic rings. The van der Waals surface area contributed by atoms with Crippen LogP contribution >= 0.6 is 11.3 Å². The van der Waals surface area contributed by atoms with Crippen molar-refractivity contribution < 1.29 is 27.2 Å². The lowest BCUT2D eigenvalue weighted by atomic mass is 10.1. The summed E-state index contributed by atoms with van der Waals surface area (Å²) in [6.45, 7) is 1.77. The lowest BCUT2D eigenvalue weighted by molar-refractivity contribution is -0.110. The van der Waals surface area contributed by atoms with Crippen LogP contribution < -0.4 is 5.32 Å². The van der Waals surface area contributed by atoms with Crippen molar-refractivity contribution in [2.45, 2.75) is 29.9 Å². The van der Waals surface area contributed by atoms with Gasteiger partial charge in [-0.1, -0.05) is 28.6 Å². The number of aromatic nitrogens is 1. The summed E-state index contributed by atoms with van der Waals surface area (Å²) < 4.78 is 46.2. The van der Waals surface area contributed by atoms with Crippen molar-refractivity contribution in [1.82, 2.24) is 14.2 Å². The van der Waals surface area contributed by atoms with Crippen LogP contribution in [0.25, 0.3) is 0 Å². The van der Waals surface area contributed by atoms with Gasteiger partial charge < -0.3 is 14.5 Å². The molecule has 0 spiro atoms. The number of nitrogens with zero attached hydrogens (tertiary/aromatic N) is 4. The van der Waals surface area contributed by atoms with Crippen molar-refractivity contribution >= 4 is 38.1 Å². The highest BCUT2D eigenvalue weighted by atomic mass is 32.2. The van der Waals surface area contributed by atoms with Gasteiger partial charge in [-0.05, 0) is 32.6 Å². The zero-order valence-corrected chi connectivity index (χ0v) is 20.4. The maximum atomic E-state index is 13.3. The average Bonchev–Trinajstić information content (AvgIpc) is 3.57. The van der Waals surface area contributed by atoms with Crippen LogP contribution in [-0.4, -0.2) is 86.8 Å². The minimum atomic E-state index is -3.67. The van der Waals surface area contributed by atoms with Crippen LogP contribution in [0.5, 0.6) is 0 Å². The third-order valence-corrected chi connectivity index (χ3v) is 8.30. The van der Waals surface area contributed by atoms with Crippen LogP contribution in [0.15, 0.2) is 40.5 Å². The molecule has 1 aromatic heterocycles. The molecular formula is C21H26FN5O5S2. The molecular weight excluding hydrogens is 485 g/mol. The predicted molar refractivity (Wildman–Crippen MR) is 125 cm³/mol. The van der Waals surface area contributed by atoms with Crippen LogP contribution in [0.4, 0.5) is 9.52 Å². The summed E-state index contributed by atoms with van der Waals surface area (Å²) in [6, 6.07) is 6.06. The lowest BCUT2D eigenvalue weighted by Gasteiger charge is -2.20. The number of hydrogen-bond donors (Lipinski definition) is 1. The maximum absolute atomic E-state index is 13.3. The third-order valence-electron chi connectivity index (χ3n) is 5.72. The van der Waals surface area contributed by atoms with E-state index in [1.54, 1.807) is 0 Å². The van der Waals surface area contributed by atoms with Crippen molar-refractivity contribution in [2.75, 3.05) is 45.7 Å². The van der Waals surface area contributed by atoms with E-state index in [1.807, 2.05) is 19.0 Å². The first-order valence-corrected chi connectivity index (χ1v) is 13.0. The standard InChI is InChI=1S/C21H26FN5O5S2/c1-26(2)15-7-9-27(12-15)34(29,30)17-5-3-14(4-6-17)19(25-32-16-8-10-31-13-16)20(28)24-21-23-11-18(22)33-21/h3-6,11,15-16H,7-10,12-13H2,1-2H3,(H,23,24,28)/b25-19+/t15-,16-/m1/s1. The SMILES string of the molecule is CN(C)[C@@H]1CCN(S(=O)(=O)c2ccc(/C(=N\O[C@@H]3CCOC3)C(=O)Nc3ncc(F)s3)cc2)C1. The molecule has 184 valence electrons. The molecule has 0 bridgehead atoms. The van der Waals surface area contributed by atoms with Crippen molar-refractivity contribution in [1.29, 1.82) is 0 Å². The number of carbonyl (C=O) groups is 1. The van der Waals surface area contributed by atoms with Gasteiger partial charge in [0.05, 0.1) is 24.3 Å². The van der Waals surface area contributed by atoms with Gasteiger partial charge in [-0.15, -0.1) is 0 Å². The number of anilines is 1. The summed E-state index contributed by atoms with van der Waals surface area (Å²) in [5.41, 5.74) is 0.264. The molecule has 1 aromatic carbocycles. The van der Waals surface area contributed by atoms with E-state index < -0.39 is 21.1 Å². The van der Waals surface area contributed by atoms with Gasteiger partial charge in [0.25, 0.3) is 5.91 Å². The predicted octanol–water partition coefficient (Wildman–Crippen LogP) is 1.76. The number of ether oxygens (including phenoxy) is 1. The maximum Gasteiger partial charge on any atom is 0.280 e. The number of halogens is 1.